The van der Waals surface area contributed by atoms with Crippen molar-refractivity contribution in [3.8, 4) is 0 Å². The van der Waals surface area contributed by atoms with E-state index in [1.165, 1.54) is 0 Å². The summed E-state index contributed by atoms with van der Waals surface area (Å²) in [7, 11) is 0. The Labute approximate surface area is 103 Å². The molecule has 1 saturated carbocycles. The van der Waals surface area contributed by atoms with E-state index >= 15 is 0 Å². The third-order valence-corrected chi connectivity index (χ3v) is 3.85. The van der Waals surface area contributed by atoms with Crippen LogP contribution in [0.2, 0.25) is 0 Å². The highest BCUT2D eigenvalue weighted by Gasteiger charge is 2.44. The molecule has 3 heteroatoms. The summed E-state index contributed by atoms with van der Waals surface area (Å²) in [5.41, 5.74) is -0.600. The second-order valence-electron chi connectivity index (χ2n) is 5.14. The van der Waals surface area contributed by atoms with E-state index in [1.807, 2.05) is 13.0 Å². The molecular formula is C14H22O3. The molecule has 0 amide bonds. The van der Waals surface area contributed by atoms with Crippen LogP contribution in [-0.4, -0.2) is 24.6 Å². The Morgan fingerprint density at radius 1 is 1.53 bits per heavy atom. The number of ether oxygens (including phenoxy) is 2. The molecule has 1 fully saturated rings. The molecule has 0 radical (unpaired) electrons. The van der Waals surface area contributed by atoms with Gasteiger partial charge < -0.3 is 9.47 Å². The average molecular weight is 238 g/mol. The van der Waals surface area contributed by atoms with Crippen LogP contribution in [0.15, 0.2) is 11.8 Å². The van der Waals surface area contributed by atoms with Gasteiger partial charge in [0.25, 0.3) is 0 Å². The van der Waals surface area contributed by atoms with Crippen molar-refractivity contribution in [1.29, 1.82) is 0 Å². The van der Waals surface area contributed by atoms with Crippen LogP contribution in [0.4, 0.5) is 0 Å². The molecule has 0 aromatic carbocycles. The molecule has 1 aliphatic heterocycles. The maximum absolute atomic E-state index is 12.5. The summed E-state index contributed by atoms with van der Waals surface area (Å²) >= 11 is 0. The maximum Gasteiger partial charge on any atom is 0.228 e. The van der Waals surface area contributed by atoms with E-state index in [4.69, 9.17) is 9.47 Å². The quantitative estimate of drug-likeness (QED) is 0.755. The van der Waals surface area contributed by atoms with Crippen molar-refractivity contribution in [3.05, 3.63) is 11.8 Å². The first-order valence-electron chi connectivity index (χ1n) is 6.69. The molecule has 0 aromatic rings. The number of hydrogen-bond acceptors (Lipinski definition) is 3. The lowest BCUT2D eigenvalue weighted by atomic mass is 9.76. The summed E-state index contributed by atoms with van der Waals surface area (Å²) < 4.78 is 11.2. The Morgan fingerprint density at radius 2 is 2.24 bits per heavy atom. The fraction of sp³-hybridized carbons (Fsp3) is 0.786. The van der Waals surface area contributed by atoms with E-state index in [9.17, 15) is 4.79 Å². The molecule has 96 valence electrons. The number of Topliss-reactive ketones (excluding diaryl/α,β-unsaturated/α-hetero) is 1. The van der Waals surface area contributed by atoms with Gasteiger partial charge in [-0.05, 0) is 44.6 Å². The van der Waals surface area contributed by atoms with Gasteiger partial charge in [0.2, 0.25) is 5.78 Å². The van der Waals surface area contributed by atoms with Gasteiger partial charge in [-0.25, -0.2) is 0 Å². The van der Waals surface area contributed by atoms with Gasteiger partial charge in [0.05, 0.1) is 6.61 Å². The molecule has 0 aromatic heterocycles. The monoisotopic (exact) mass is 238 g/mol. The zero-order chi connectivity index (χ0) is 12.3. The van der Waals surface area contributed by atoms with Crippen molar-refractivity contribution >= 4 is 5.78 Å². The second-order valence-corrected chi connectivity index (χ2v) is 5.14. The van der Waals surface area contributed by atoms with Crippen LogP contribution in [0.5, 0.6) is 0 Å². The maximum atomic E-state index is 12.5. The lowest BCUT2D eigenvalue weighted by molar-refractivity contribution is -0.149. The predicted molar refractivity (Wildman–Crippen MR) is 65.6 cm³/mol. The van der Waals surface area contributed by atoms with Gasteiger partial charge in [-0.3, -0.25) is 4.79 Å². The van der Waals surface area contributed by atoms with E-state index in [0.717, 1.165) is 32.1 Å². The van der Waals surface area contributed by atoms with Crippen molar-refractivity contribution in [2.45, 2.75) is 51.6 Å². The van der Waals surface area contributed by atoms with Gasteiger partial charge in [-0.15, -0.1) is 0 Å². The Bertz CT molecular complexity index is 311. The summed E-state index contributed by atoms with van der Waals surface area (Å²) in [5.74, 6) is 1.31. The topological polar surface area (TPSA) is 35.5 Å². The zero-order valence-electron chi connectivity index (χ0n) is 10.8. The molecule has 0 unspecified atom stereocenters. The minimum atomic E-state index is -0.600. The molecule has 2 rings (SSSR count). The predicted octanol–water partition coefficient (Wildman–Crippen LogP) is 2.85. The van der Waals surface area contributed by atoms with Crippen LogP contribution in [0.3, 0.4) is 0 Å². The first kappa shape index (κ1) is 12.6. The van der Waals surface area contributed by atoms with Gasteiger partial charge in [-0.2, -0.15) is 0 Å². The highest BCUT2D eigenvalue weighted by molar-refractivity contribution is 6.00. The normalized spacial score (nSPS) is 33.1. The molecule has 1 heterocycles. The van der Waals surface area contributed by atoms with E-state index in [0.29, 0.717) is 24.9 Å². The Morgan fingerprint density at radius 3 is 2.76 bits per heavy atom. The highest BCUT2D eigenvalue weighted by atomic mass is 16.5. The second kappa shape index (κ2) is 5.21. The van der Waals surface area contributed by atoms with Gasteiger partial charge in [0.15, 0.2) is 5.76 Å². The fourth-order valence-electron chi connectivity index (χ4n) is 2.74. The van der Waals surface area contributed by atoms with Gasteiger partial charge >= 0.3 is 0 Å². The van der Waals surface area contributed by atoms with Crippen LogP contribution in [0.25, 0.3) is 0 Å². The molecule has 17 heavy (non-hydrogen) atoms. The van der Waals surface area contributed by atoms with Crippen molar-refractivity contribution in [1.82, 2.24) is 0 Å². The zero-order valence-corrected chi connectivity index (χ0v) is 10.8. The third kappa shape index (κ3) is 2.54. The first-order chi connectivity index (χ1) is 8.18. The van der Waals surface area contributed by atoms with Crippen molar-refractivity contribution in [2.24, 2.45) is 5.92 Å². The fourth-order valence-corrected chi connectivity index (χ4v) is 2.74. The minimum Gasteiger partial charge on any atom is -0.490 e. The van der Waals surface area contributed by atoms with E-state index in [-0.39, 0.29) is 5.78 Å². The van der Waals surface area contributed by atoms with Gasteiger partial charge in [0.1, 0.15) is 5.60 Å². The SMILES string of the molecule is CCOC1(C(=O)C2=CCCO2)CCC(C)CC1. The standard InChI is InChI=1S/C14H22O3/c1-3-17-14(8-6-11(2)7-9-14)13(15)12-5-4-10-16-12/h5,11H,3-4,6-10H2,1-2H3. The Balaban J connectivity index is 2.13. The first-order valence-corrected chi connectivity index (χ1v) is 6.69. The number of hydrogen-bond donors (Lipinski definition) is 0. The summed E-state index contributed by atoms with van der Waals surface area (Å²) in [6.45, 7) is 5.43. The lowest BCUT2D eigenvalue weighted by Crippen LogP contribution is -2.45. The average Bonchev–Trinajstić information content (AvgIpc) is 2.85. The molecule has 0 N–H and O–H groups in total. The van der Waals surface area contributed by atoms with Gasteiger partial charge in [-0.1, -0.05) is 6.92 Å². The number of rotatable bonds is 4. The smallest absolute Gasteiger partial charge is 0.228 e. The van der Waals surface area contributed by atoms with Gasteiger partial charge in [0, 0.05) is 13.0 Å². The third-order valence-electron chi connectivity index (χ3n) is 3.85. The molecule has 1 aliphatic carbocycles. The largest absolute Gasteiger partial charge is 0.490 e. The van der Waals surface area contributed by atoms with Crippen LogP contribution < -0.4 is 0 Å². The van der Waals surface area contributed by atoms with Crippen LogP contribution in [0, 0.1) is 5.92 Å². The van der Waals surface area contributed by atoms with E-state index in [2.05, 4.69) is 6.92 Å². The van der Waals surface area contributed by atoms with Crippen LogP contribution in [0.1, 0.15) is 46.0 Å². The molecule has 0 saturated heterocycles. The summed E-state index contributed by atoms with van der Waals surface area (Å²) in [4.78, 5) is 12.5. The number of ketones is 1. The Kier molecular flexibility index (Phi) is 3.87. The molecule has 3 nitrogen and oxygen atoms in total. The molecule has 0 spiro atoms. The Hall–Kier alpha value is -0.830. The van der Waals surface area contributed by atoms with E-state index in [1.54, 1.807) is 0 Å². The number of carbonyl (C=O) groups excluding carboxylic acids is 1. The lowest BCUT2D eigenvalue weighted by Gasteiger charge is -2.37. The molecule has 2 aliphatic rings. The molecule has 0 atom stereocenters. The van der Waals surface area contributed by atoms with Crippen molar-refractivity contribution in [2.75, 3.05) is 13.2 Å². The minimum absolute atomic E-state index is 0.0729. The van der Waals surface area contributed by atoms with Crippen LogP contribution in [-0.2, 0) is 14.3 Å². The van der Waals surface area contributed by atoms with E-state index < -0.39 is 5.60 Å². The summed E-state index contributed by atoms with van der Waals surface area (Å²) in [6.07, 6.45) is 6.56. The highest BCUT2D eigenvalue weighted by Crippen LogP contribution is 2.37. The summed E-state index contributed by atoms with van der Waals surface area (Å²) in [5, 5.41) is 0. The summed E-state index contributed by atoms with van der Waals surface area (Å²) in [6, 6.07) is 0. The molecular weight excluding hydrogens is 216 g/mol. The van der Waals surface area contributed by atoms with Crippen LogP contribution >= 0.6 is 0 Å². The number of carbonyl (C=O) groups is 1. The van der Waals surface area contributed by atoms with Crippen molar-refractivity contribution < 1.29 is 14.3 Å². The van der Waals surface area contributed by atoms with Crippen molar-refractivity contribution in [3.63, 3.8) is 0 Å². The molecule has 0 bridgehead atoms.